The minimum Gasteiger partial charge on any atom is -0.443 e. The highest BCUT2D eigenvalue weighted by atomic mass is 35.5. The molecule has 0 radical (unpaired) electrons. The Morgan fingerprint density at radius 1 is 1.15 bits per heavy atom. The lowest BCUT2D eigenvalue weighted by atomic mass is 10.2. The van der Waals surface area contributed by atoms with Crippen molar-refractivity contribution < 1.29 is 4.42 Å². The van der Waals surface area contributed by atoms with Crippen LogP contribution in [-0.2, 0) is 0 Å². The second-order valence-electron chi connectivity index (χ2n) is 3.03. The Morgan fingerprint density at radius 3 is 2.54 bits per heavy atom. The van der Waals surface area contributed by atoms with Crippen LogP contribution in [0.5, 0.6) is 0 Å². The molecule has 0 fully saturated rings. The molecule has 0 bridgehead atoms. The summed E-state index contributed by atoms with van der Waals surface area (Å²) in [5.41, 5.74) is 1.59. The van der Waals surface area contributed by atoms with Crippen molar-refractivity contribution in [1.82, 2.24) is 9.97 Å². The summed E-state index contributed by atoms with van der Waals surface area (Å²) in [5, 5.41) is 1.29. The monoisotopic (exact) mass is 196 g/mol. The Hall–Kier alpha value is -1.09. The number of hydrogen-bond donors (Lipinski definition) is 0. The molecule has 0 aliphatic heterocycles. The maximum atomic E-state index is 5.97. The summed E-state index contributed by atoms with van der Waals surface area (Å²) in [7, 11) is 0. The normalized spacial score (nSPS) is 11.1. The van der Waals surface area contributed by atoms with Gasteiger partial charge in [-0.2, -0.15) is 4.98 Å². The molecule has 0 spiro atoms. The minimum atomic E-state index is 0.469. The van der Waals surface area contributed by atoms with E-state index in [0.717, 1.165) is 16.7 Å². The lowest BCUT2D eigenvalue weighted by Gasteiger charge is -1.94. The number of halogens is 1. The summed E-state index contributed by atoms with van der Waals surface area (Å²) < 4.78 is 5.42. The molecule has 0 saturated carbocycles. The van der Waals surface area contributed by atoms with Crippen LogP contribution in [0.1, 0.15) is 17.1 Å². The number of hydrogen-bond acceptors (Lipinski definition) is 3. The fourth-order valence-electron chi connectivity index (χ4n) is 1.30. The first kappa shape index (κ1) is 8.51. The molecule has 0 aromatic carbocycles. The Bertz CT molecular complexity index is 476. The van der Waals surface area contributed by atoms with Crippen molar-refractivity contribution in [2.24, 2.45) is 0 Å². The molecule has 0 amide bonds. The Morgan fingerprint density at radius 2 is 1.85 bits per heavy atom. The molecular formula is C9H9ClN2O. The third-order valence-corrected chi connectivity index (χ3v) is 2.37. The maximum absolute atomic E-state index is 5.97. The number of nitrogens with zero attached hydrogens (tertiary/aromatic N) is 2. The standard InChI is InChI=1S/C9H9ClN2O/c1-4-5(2)13-9-7(4)8(10)11-6(3)12-9/h1-3H3. The van der Waals surface area contributed by atoms with Gasteiger partial charge in [-0.1, -0.05) is 11.6 Å². The van der Waals surface area contributed by atoms with Crippen LogP contribution in [0.25, 0.3) is 11.1 Å². The second-order valence-corrected chi connectivity index (χ2v) is 3.38. The Labute approximate surface area is 80.7 Å². The van der Waals surface area contributed by atoms with E-state index in [0.29, 0.717) is 16.7 Å². The smallest absolute Gasteiger partial charge is 0.231 e. The van der Waals surface area contributed by atoms with Crippen molar-refractivity contribution in [2.45, 2.75) is 20.8 Å². The molecule has 68 valence electrons. The third kappa shape index (κ3) is 1.20. The number of aromatic nitrogens is 2. The van der Waals surface area contributed by atoms with Crippen LogP contribution in [0.2, 0.25) is 5.15 Å². The summed E-state index contributed by atoms with van der Waals surface area (Å²) in [6.07, 6.45) is 0. The molecule has 0 aliphatic rings. The van der Waals surface area contributed by atoms with Gasteiger partial charge in [0.2, 0.25) is 5.71 Å². The molecule has 3 nitrogen and oxygen atoms in total. The van der Waals surface area contributed by atoms with Gasteiger partial charge in [-0.25, -0.2) is 4.98 Å². The molecule has 0 atom stereocenters. The molecule has 4 heteroatoms. The van der Waals surface area contributed by atoms with E-state index in [-0.39, 0.29) is 0 Å². The van der Waals surface area contributed by atoms with E-state index in [2.05, 4.69) is 9.97 Å². The van der Waals surface area contributed by atoms with Gasteiger partial charge in [0.15, 0.2) is 0 Å². The predicted molar refractivity (Wildman–Crippen MR) is 51.0 cm³/mol. The first-order valence-corrected chi connectivity index (χ1v) is 4.37. The van der Waals surface area contributed by atoms with Crippen molar-refractivity contribution in [2.75, 3.05) is 0 Å². The van der Waals surface area contributed by atoms with E-state index < -0.39 is 0 Å². The fourth-order valence-corrected chi connectivity index (χ4v) is 1.65. The highest BCUT2D eigenvalue weighted by Gasteiger charge is 2.12. The fraction of sp³-hybridized carbons (Fsp3) is 0.333. The zero-order valence-electron chi connectivity index (χ0n) is 7.68. The van der Waals surface area contributed by atoms with Gasteiger partial charge in [-0.3, -0.25) is 0 Å². The average Bonchev–Trinajstić information content (AvgIpc) is 2.27. The van der Waals surface area contributed by atoms with Gasteiger partial charge < -0.3 is 4.42 Å². The lowest BCUT2D eigenvalue weighted by molar-refractivity contribution is 0.562. The quantitative estimate of drug-likeness (QED) is 0.609. The molecule has 2 heterocycles. The van der Waals surface area contributed by atoms with E-state index in [4.69, 9.17) is 16.0 Å². The van der Waals surface area contributed by atoms with Crippen LogP contribution >= 0.6 is 11.6 Å². The molecular weight excluding hydrogens is 188 g/mol. The van der Waals surface area contributed by atoms with Crippen molar-refractivity contribution in [3.63, 3.8) is 0 Å². The average molecular weight is 197 g/mol. The summed E-state index contributed by atoms with van der Waals surface area (Å²) in [6.45, 7) is 5.63. The van der Waals surface area contributed by atoms with Crippen LogP contribution in [0, 0.1) is 20.8 Å². The van der Waals surface area contributed by atoms with Gasteiger partial charge in [0.1, 0.15) is 16.7 Å². The Balaban J connectivity index is 2.94. The molecule has 0 aliphatic carbocycles. The van der Waals surface area contributed by atoms with E-state index in [1.807, 2.05) is 13.8 Å². The van der Waals surface area contributed by atoms with Gasteiger partial charge in [0, 0.05) is 5.56 Å². The topological polar surface area (TPSA) is 38.9 Å². The molecule has 13 heavy (non-hydrogen) atoms. The lowest BCUT2D eigenvalue weighted by Crippen LogP contribution is -1.87. The van der Waals surface area contributed by atoms with Crippen molar-refractivity contribution >= 4 is 22.7 Å². The van der Waals surface area contributed by atoms with Gasteiger partial charge in [-0.15, -0.1) is 0 Å². The number of fused-ring (bicyclic) bond motifs is 1. The van der Waals surface area contributed by atoms with Crippen LogP contribution < -0.4 is 0 Å². The van der Waals surface area contributed by atoms with Gasteiger partial charge >= 0.3 is 0 Å². The van der Waals surface area contributed by atoms with Crippen LogP contribution in [0.4, 0.5) is 0 Å². The summed E-state index contributed by atoms with van der Waals surface area (Å²) in [4.78, 5) is 8.23. The van der Waals surface area contributed by atoms with Gasteiger partial charge in [0.05, 0.1) is 5.39 Å². The molecule has 0 N–H and O–H groups in total. The van der Waals surface area contributed by atoms with Crippen molar-refractivity contribution in [3.8, 4) is 0 Å². The zero-order chi connectivity index (χ0) is 9.59. The molecule has 2 rings (SSSR count). The van der Waals surface area contributed by atoms with E-state index in [1.54, 1.807) is 6.92 Å². The third-order valence-electron chi connectivity index (χ3n) is 2.10. The molecule has 0 unspecified atom stereocenters. The van der Waals surface area contributed by atoms with Crippen molar-refractivity contribution in [1.29, 1.82) is 0 Å². The van der Waals surface area contributed by atoms with Gasteiger partial charge in [0.25, 0.3) is 0 Å². The first-order chi connectivity index (χ1) is 6.09. The van der Waals surface area contributed by atoms with Crippen molar-refractivity contribution in [3.05, 3.63) is 22.3 Å². The summed E-state index contributed by atoms with van der Waals surface area (Å²) in [6, 6.07) is 0. The largest absolute Gasteiger partial charge is 0.443 e. The van der Waals surface area contributed by atoms with E-state index in [9.17, 15) is 0 Å². The maximum Gasteiger partial charge on any atom is 0.231 e. The molecule has 0 saturated heterocycles. The highest BCUT2D eigenvalue weighted by Crippen LogP contribution is 2.28. The highest BCUT2D eigenvalue weighted by molar-refractivity contribution is 6.34. The summed E-state index contributed by atoms with van der Waals surface area (Å²) >= 11 is 5.97. The minimum absolute atomic E-state index is 0.469. The van der Waals surface area contributed by atoms with E-state index in [1.165, 1.54) is 0 Å². The second kappa shape index (κ2) is 2.70. The summed E-state index contributed by atoms with van der Waals surface area (Å²) in [5.74, 6) is 1.48. The van der Waals surface area contributed by atoms with Gasteiger partial charge in [-0.05, 0) is 20.8 Å². The van der Waals surface area contributed by atoms with Crippen LogP contribution in [0.3, 0.4) is 0 Å². The predicted octanol–water partition coefficient (Wildman–Crippen LogP) is 2.80. The molecule has 2 aromatic rings. The number of rotatable bonds is 0. The van der Waals surface area contributed by atoms with Crippen LogP contribution in [-0.4, -0.2) is 9.97 Å². The van der Waals surface area contributed by atoms with E-state index >= 15 is 0 Å². The number of furan rings is 1. The Kier molecular flexibility index (Phi) is 1.77. The SMILES string of the molecule is Cc1nc(Cl)c2c(C)c(C)oc2n1. The van der Waals surface area contributed by atoms with Crippen LogP contribution in [0.15, 0.2) is 4.42 Å². The first-order valence-electron chi connectivity index (χ1n) is 3.99. The number of aryl methyl sites for hydroxylation is 3. The molecule has 2 aromatic heterocycles. The zero-order valence-corrected chi connectivity index (χ0v) is 8.44.